The summed E-state index contributed by atoms with van der Waals surface area (Å²) in [7, 11) is -3.36. The highest BCUT2D eigenvalue weighted by Gasteiger charge is 2.50. The second-order valence-corrected chi connectivity index (χ2v) is 11.4. The maximum Gasteiger partial charge on any atom is 0.416 e. The molecule has 0 saturated carbocycles. The molecule has 2 heterocycles. The molecule has 0 aromatic heterocycles. The number of carbonyl (C=O) groups is 1. The first-order valence-corrected chi connectivity index (χ1v) is 12.8. The number of hydrogen-bond acceptors (Lipinski definition) is 4. The van der Waals surface area contributed by atoms with Crippen LogP contribution < -0.4 is 4.90 Å². The van der Waals surface area contributed by atoms with Crippen LogP contribution in [0, 0.1) is 0 Å². The Hall–Kier alpha value is -2.04. The quantitative estimate of drug-likeness (QED) is 0.611. The smallest absolute Gasteiger partial charge is 0.314 e. The van der Waals surface area contributed by atoms with Crippen LogP contribution in [0.3, 0.4) is 0 Å². The van der Waals surface area contributed by atoms with Crippen LogP contribution >= 0.6 is 23.4 Å². The van der Waals surface area contributed by atoms with E-state index in [1.165, 1.54) is 4.90 Å². The van der Waals surface area contributed by atoms with E-state index in [0.29, 0.717) is 6.42 Å². The van der Waals surface area contributed by atoms with E-state index in [2.05, 4.69) is 4.99 Å². The molecule has 32 heavy (non-hydrogen) atoms. The molecule has 0 spiro atoms. The fourth-order valence-electron chi connectivity index (χ4n) is 3.78. The lowest BCUT2D eigenvalue weighted by Gasteiger charge is -2.26. The van der Waals surface area contributed by atoms with E-state index >= 15 is 0 Å². The van der Waals surface area contributed by atoms with E-state index in [-0.39, 0.29) is 33.8 Å². The van der Waals surface area contributed by atoms with E-state index in [4.69, 9.17) is 11.6 Å². The van der Waals surface area contributed by atoms with E-state index in [0.717, 1.165) is 35.5 Å². The van der Waals surface area contributed by atoms with Gasteiger partial charge in [-0.15, -0.1) is 0 Å². The van der Waals surface area contributed by atoms with Gasteiger partial charge in [-0.3, -0.25) is 4.79 Å². The van der Waals surface area contributed by atoms with Crippen molar-refractivity contribution in [3.05, 3.63) is 64.7 Å². The Bertz CT molecular complexity index is 1170. The third-order valence-electron chi connectivity index (χ3n) is 5.29. The number of hydrogen-bond donors (Lipinski definition) is 0. The third-order valence-corrected chi connectivity index (χ3v) is 8.82. The van der Waals surface area contributed by atoms with Crippen molar-refractivity contribution in [2.75, 3.05) is 16.4 Å². The summed E-state index contributed by atoms with van der Waals surface area (Å²) in [4.78, 5) is 18.1. The molecule has 0 aliphatic carbocycles. The first-order chi connectivity index (χ1) is 15.0. The second kappa shape index (κ2) is 8.72. The van der Waals surface area contributed by atoms with Gasteiger partial charge in [-0.05, 0) is 30.2 Å². The molecule has 0 unspecified atom stereocenters. The third kappa shape index (κ3) is 4.97. The van der Waals surface area contributed by atoms with Crippen LogP contribution in [0.15, 0.2) is 53.5 Å². The molecular weight excluding hydrogens is 485 g/mol. The predicted octanol–water partition coefficient (Wildman–Crippen LogP) is 4.59. The Labute approximate surface area is 192 Å². The zero-order chi connectivity index (χ0) is 23.1. The molecule has 0 radical (unpaired) electrons. The van der Waals surface area contributed by atoms with Gasteiger partial charge in [0.05, 0.1) is 33.8 Å². The molecule has 4 rings (SSSR count). The van der Waals surface area contributed by atoms with Gasteiger partial charge in [-0.1, -0.05) is 53.7 Å². The number of amides is 1. The van der Waals surface area contributed by atoms with Crippen molar-refractivity contribution < 1.29 is 26.4 Å². The molecule has 1 amide bonds. The minimum atomic E-state index is -4.60. The number of fused-ring (bicyclic) bond motifs is 1. The Morgan fingerprint density at radius 3 is 2.56 bits per heavy atom. The molecule has 2 fully saturated rings. The van der Waals surface area contributed by atoms with Crippen molar-refractivity contribution in [2.24, 2.45) is 4.99 Å². The summed E-state index contributed by atoms with van der Waals surface area (Å²) in [5.41, 5.74) is 0.0371. The number of rotatable bonds is 4. The maximum absolute atomic E-state index is 13.3. The fourth-order valence-corrected chi connectivity index (χ4v) is 7.91. The molecule has 2 atom stereocenters. The molecule has 2 aromatic carbocycles. The average molecular weight is 503 g/mol. The van der Waals surface area contributed by atoms with E-state index < -0.39 is 38.8 Å². The molecule has 170 valence electrons. The van der Waals surface area contributed by atoms with E-state index in [1.54, 1.807) is 0 Å². The van der Waals surface area contributed by atoms with Crippen molar-refractivity contribution in [3.8, 4) is 0 Å². The molecule has 0 bridgehead atoms. The van der Waals surface area contributed by atoms with Crippen molar-refractivity contribution in [2.45, 2.75) is 30.3 Å². The minimum Gasteiger partial charge on any atom is -0.314 e. The van der Waals surface area contributed by atoms with Crippen molar-refractivity contribution in [3.63, 3.8) is 0 Å². The van der Waals surface area contributed by atoms with Gasteiger partial charge >= 0.3 is 6.18 Å². The lowest BCUT2D eigenvalue weighted by atomic mass is 10.1. The van der Waals surface area contributed by atoms with Crippen LogP contribution in [0.4, 0.5) is 18.9 Å². The van der Waals surface area contributed by atoms with Crippen LogP contribution in [0.1, 0.15) is 17.5 Å². The Morgan fingerprint density at radius 1 is 1.16 bits per heavy atom. The highest BCUT2D eigenvalue weighted by atomic mass is 35.5. The lowest BCUT2D eigenvalue weighted by Crippen LogP contribution is -2.38. The summed E-state index contributed by atoms with van der Waals surface area (Å²) in [6.07, 6.45) is -4.02. The van der Waals surface area contributed by atoms with Gasteiger partial charge in [0, 0.05) is 11.7 Å². The zero-order valence-corrected chi connectivity index (χ0v) is 18.9. The number of thioether (sulfide) groups is 1. The summed E-state index contributed by atoms with van der Waals surface area (Å²) in [5.74, 6) is -0.812. The van der Waals surface area contributed by atoms with Crippen LogP contribution in [-0.2, 0) is 27.2 Å². The Morgan fingerprint density at radius 2 is 1.88 bits per heavy atom. The van der Waals surface area contributed by atoms with Crippen molar-refractivity contribution >= 4 is 50.0 Å². The number of amidine groups is 1. The zero-order valence-electron chi connectivity index (χ0n) is 16.5. The monoisotopic (exact) mass is 502 g/mol. The number of aliphatic imine (C=N–C) groups is 1. The lowest BCUT2D eigenvalue weighted by molar-refractivity contribution is -0.137. The number of benzene rings is 2. The highest BCUT2D eigenvalue weighted by molar-refractivity contribution is 8.16. The van der Waals surface area contributed by atoms with Gasteiger partial charge in [0.25, 0.3) is 0 Å². The first-order valence-electron chi connectivity index (χ1n) is 9.72. The number of halogens is 4. The molecule has 2 aromatic rings. The molecular formula is C21H18ClF3N2O3S2. The van der Waals surface area contributed by atoms with Crippen molar-refractivity contribution in [1.29, 1.82) is 0 Å². The van der Waals surface area contributed by atoms with Gasteiger partial charge in [0.2, 0.25) is 5.91 Å². The average Bonchev–Trinajstić information content (AvgIpc) is 3.17. The van der Waals surface area contributed by atoms with Crippen LogP contribution in [0.25, 0.3) is 0 Å². The number of carbonyl (C=O) groups excluding carboxylic acids is 1. The summed E-state index contributed by atoms with van der Waals surface area (Å²) in [5, 5.41) is -0.242. The normalized spacial score (nSPS) is 23.5. The van der Waals surface area contributed by atoms with Gasteiger partial charge in [0.1, 0.15) is 0 Å². The summed E-state index contributed by atoms with van der Waals surface area (Å²) >= 11 is 7.32. The van der Waals surface area contributed by atoms with E-state index in [1.807, 2.05) is 30.3 Å². The predicted molar refractivity (Wildman–Crippen MR) is 120 cm³/mol. The summed E-state index contributed by atoms with van der Waals surface area (Å²) in [6, 6.07) is 11.6. The van der Waals surface area contributed by atoms with Crippen LogP contribution in [0.2, 0.25) is 5.02 Å². The number of nitrogens with zero attached hydrogens (tertiary/aromatic N) is 2. The standard InChI is InChI=1S/C21H18ClF3N2O3S2/c22-15-8-7-14(21(23,24)25)10-16(15)27-17-11-32(29,30)12-18(17)31-20(27)26-19(28)9-6-13-4-2-1-3-5-13/h1-5,7-8,10,17-18H,6,9,11-12H2/t17-,18-/m0/s1. The van der Waals surface area contributed by atoms with Crippen LogP contribution in [0.5, 0.6) is 0 Å². The number of alkyl halides is 3. The molecule has 2 aliphatic rings. The maximum atomic E-state index is 13.3. The molecule has 11 heteroatoms. The van der Waals surface area contributed by atoms with Gasteiger partial charge in [-0.2, -0.15) is 18.2 Å². The van der Waals surface area contributed by atoms with Gasteiger partial charge in [0.15, 0.2) is 15.0 Å². The molecule has 0 N–H and O–H groups in total. The number of anilines is 1. The minimum absolute atomic E-state index is 0.00630. The Kier molecular flexibility index (Phi) is 6.30. The molecule has 5 nitrogen and oxygen atoms in total. The number of sulfone groups is 1. The second-order valence-electron chi connectivity index (χ2n) is 7.61. The molecule has 2 aliphatic heterocycles. The highest BCUT2D eigenvalue weighted by Crippen LogP contribution is 2.44. The Balaban J connectivity index is 1.66. The summed E-state index contributed by atoms with van der Waals surface area (Å²) < 4.78 is 64.2. The summed E-state index contributed by atoms with van der Waals surface area (Å²) in [6.45, 7) is 0. The first kappa shape index (κ1) is 23.1. The number of aryl methyl sites for hydroxylation is 1. The van der Waals surface area contributed by atoms with Crippen LogP contribution in [-0.4, -0.2) is 42.3 Å². The fraction of sp³-hybridized carbons (Fsp3) is 0.333. The SMILES string of the molecule is O=C(CCc1ccccc1)N=C1S[C@H]2CS(=O)(=O)C[C@@H]2N1c1cc(C(F)(F)F)ccc1Cl. The molecule has 2 saturated heterocycles. The van der Waals surface area contributed by atoms with Gasteiger partial charge in [-0.25, -0.2) is 8.42 Å². The topological polar surface area (TPSA) is 66.8 Å². The van der Waals surface area contributed by atoms with Crippen molar-refractivity contribution in [1.82, 2.24) is 0 Å². The largest absolute Gasteiger partial charge is 0.416 e. The van der Waals surface area contributed by atoms with E-state index in [9.17, 15) is 26.4 Å². The van der Waals surface area contributed by atoms with Gasteiger partial charge < -0.3 is 4.90 Å².